The van der Waals surface area contributed by atoms with Crippen molar-refractivity contribution < 1.29 is 9.59 Å². The summed E-state index contributed by atoms with van der Waals surface area (Å²) in [6.07, 6.45) is 2.92. The molecule has 0 aliphatic carbocycles. The number of hydrogen-bond acceptors (Lipinski definition) is 4. The number of primary amides is 1. The molecule has 6 nitrogen and oxygen atoms in total. The van der Waals surface area contributed by atoms with Gasteiger partial charge in [-0.2, -0.15) is 5.26 Å². The molecule has 19 heavy (non-hydrogen) atoms. The molecule has 3 N–H and O–H groups in total. The number of carbonyl (C=O) groups is 2. The Bertz CT molecular complexity index is 381. The van der Waals surface area contributed by atoms with E-state index in [1.54, 1.807) is 6.92 Å². The molecule has 1 radical (unpaired) electrons. The van der Waals surface area contributed by atoms with Crippen molar-refractivity contribution in [2.75, 3.05) is 20.1 Å². The van der Waals surface area contributed by atoms with Crippen molar-refractivity contribution in [2.24, 2.45) is 11.7 Å². The third-order valence-electron chi connectivity index (χ3n) is 3.56. The van der Waals surface area contributed by atoms with Crippen molar-refractivity contribution in [3.8, 4) is 6.07 Å². The molecule has 0 aromatic heterocycles. The summed E-state index contributed by atoms with van der Waals surface area (Å²) >= 11 is 0. The molecular formula is C13H21N4O2. The predicted molar refractivity (Wildman–Crippen MR) is 70.5 cm³/mol. The fourth-order valence-electron chi connectivity index (χ4n) is 1.95. The SMILES string of the molecule is CC(C[CH]C(=O)NC1(C#N)CCN(C)CC1)C(N)=O. The van der Waals surface area contributed by atoms with Gasteiger partial charge < -0.3 is 16.0 Å². The van der Waals surface area contributed by atoms with Gasteiger partial charge in [0.15, 0.2) is 0 Å². The zero-order valence-corrected chi connectivity index (χ0v) is 11.5. The van der Waals surface area contributed by atoms with E-state index in [9.17, 15) is 14.9 Å². The Morgan fingerprint density at radius 3 is 2.58 bits per heavy atom. The number of nitrogens with zero attached hydrogens (tertiary/aromatic N) is 2. The Morgan fingerprint density at radius 2 is 2.11 bits per heavy atom. The van der Waals surface area contributed by atoms with Crippen LogP contribution in [0.5, 0.6) is 0 Å². The molecule has 1 fully saturated rings. The summed E-state index contributed by atoms with van der Waals surface area (Å²) in [5.74, 6) is -1.11. The largest absolute Gasteiger partial charge is 0.369 e. The van der Waals surface area contributed by atoms with E-state index in [0.29, 0.717) is 19.3 Å². The van der Waals surface area contributed by atoms with Crippen molar-refractivity contribution in [3.63, 3.8) is 0 Å². The molecular weight excluding hydrogens is 244 g/mol. The van der Waals surface area contributed by atoms with Gasteiger partial charge in [0.05, 0.1) is 12.5 Å². The van der Waals surface area contributed by atoms with Crippen molar-refractivity contribution in [2.45, 2.75) is 31.7 Å². The highest BCUT2D eigenvalue weighted by molar-refractivity contribution is 5.86. The summed E-state index contributed by atoms with van der Waals surface area (Å²) in [5, 5.41) is 12.0. The van der Waals surface area contributed by atoms with E-state index in [-0.39, 0.29) is 11.8 Å². The predicted octanol–water partition coefficient (Wildman–Crippen LogP) is -0.194. The van der Waals surface area contributed by atoms with E-state index in [1.807, 2.05) is 7.05 Å². The molecule has 0 spiro atoms. The number of nitrogens with one attached hydrogen (secondary N) is 1. The normalized spacial score (nSPS) is 20.3. The minimum absolute atomic E-state index is 0.294. The van der Waals surface area contributed by atoms with E-state index < -0.39 is 11.4 Å². The van der Waals surface area contributed by atoms with Crippen LogP contribution in [0.25, 0.3) is 0 Å². The van der Waals surface area contributed by atoms with Crippen LogP contribution in [0.3, 0.4) is 0 Å². The summed E-state index contributed by atoms with van der Waals surface area (Å²) in [4.78, 5) is 24.8. The maximum Gasteiger partial charge on any atom is 0.225 e. The van der Waals surface area contributed by atoms with E-state index in [1.165, 1.54) is 6.42 Å². The van der Waals surface area contributed by atoms with E-state index >= 15 is 0 Å². The molecule has 0 saturated carbocycles. The summed E-state index contributed by atoms with van der Waals surface area (Å²) in [6.45, 7) is 3.23. The first-order valence-electron chi connectivity index (χ1n) is 6.43. The van der Waals surface area contributed by atoms with Crippen molar-refractivity contribution in [1.82, 2.24) is 10.2 Å². The van der Waals surface area contributed by atoms with Crippen LogP contribution in [0.1, 0.15) is 26.2 Å². The lowest BCUT2D eigenvalue weighted by atomic mass is 9.89. The standard InChI is InChI=1S/C13H21N4O2/c1-10(12(15)19)3-4-11(18)16-13(9-14)5-7-17(2)8-6-13/h4,10H,3,5-8H2,1-2H3,(H2,15,19)(H,16,18). The maximum absolute atomic E-state index is 11.8. The van der Waals surface area contributed by atoms with Gasteiger partial charge in [-0.1, -0.05) is 6.92 Å². The lowest BCUT2D eigenvalue weighted by molar-refractivity contribution is -0.121. The number of amides is 2. The van der Waals surface area contributed by atoms with Crippen LogP contribution in [0.4, 0.5) is 0 Å². The van der Waals surface area contributed by atoms with Crippen LogP contribution in [-0.4, -0.2) is 42.4 Å². The van der Waals surface area contributed by atoms with Gasteiger partial charge in [0.2, 0.25) is 11.8 Å². The highest BCUT2D eigenvalue weighted by Gasteiger charge is 2.35. The lowest BCUT2D eigenvalue weighted by Gasteiger charge is -2.36. The number of nitriles is 1. The van der Waals surface area contributed by atoms with Crippen LogP contribution < -0.4 is 11.1 Å². The third-order valence-corrected chi connectivity index (χ3v) is 3.56. The Balaban J connectivity index is 2.46. The summed E-state index contributed by atoms with van der Waals surface area (Å²) in [6, 6.07) is 2.21. The molecule has 105 valence electrons. The minimum atomic E-state index is -0.782. The molecule has 1 aliphatic heterocycles. The topological polar surface area (TPSA) is 99.2 Å². The lowest BCUT2D eigenvalue weighted by Crippen LogP contribution is -2.53. The van der Waals surface area contributed by atoms with Gasteiger partial charge >= 0.3 is 0 Å². The summed E-state index contributed by atoms with van der Waals surface area (Å²) < 4.78 is 0. The minimum Gasteiger partial charge on any atom is -0.369 e. The van der Waals surface area contributed by atoms with Crippen molar-refractivity contribution in [1.29, 1.82) is 5.26 Å². The Hall–Kier alpha value is -1.61. The van der Waals surface area contributed by atoms with E-state index in [2.05, 4.69) is 16.3 Å². The molecule has 0 aromatic carbocycles. The molecule has 1 aliphatic rings. The summed E-state index contributed by atoms with van der Waals surface area (Å²) in [7, 11) is 1.99. The van der Waals surface area contributed by atoms with Crippen LogP contribution in [0, 0.1) is 23.7 Å². The molecule has 6 heteroatoms. The Kier molecular flexibility index (Phi) is 5.31. The average molecular weight is 265 g/mol. The number of hydrogen-bond donors (Lipinski definition) is 2. The second-order valence-electron chi connectivity index (χ2n) is 5.23. The second-order valence-corrected chi connectivity index (χ2v) is 5.23. The van der Waals surface area contributed by atoms with E-state index in [4.69, 9.17) is 5.73 Å². The molecule has 0 bridgehead atoms. The summed E-state index contributed by atoms with van der Waals surface area (Å²) in [5.41, 5.74) is 4.34. The highest BCUT2D eigenvalue weighted by Crippen LogP contribution is 2.21. The molecule has 2 amide bonds. The van der Waals surface area contributed by atoms with Crippen LogP contribution >= 0.6 is 0 Å². The van der Waals surface area contributed by atoms with Gasteiger partial charge in [-0.3, -0.25) is 9.59 Å². The van der Waals surface area contributed by atoms with Crippen LogP contribution in [0.15, 0.2) is 0 Å². The number of rotatable bonds is 5. The van der Waals surface area contributed by atoms with Gasteiger partial charge in [-0.05, 0) is 26.3 Å². The van der Waals surface area contributed by atoms with Crippen molar-refractivity contribution >= 4 is 11.8 Å². The fourth-order valence-corrected chi connectivity index (χ4v) is 1.95. The number of piperidine rings is 1. The van der Waals surface area contributed by atoms with Gasteiger partial charge in [0, 0.05) is 19.0 Å². The van der Waals surface area contributed by atoms with Crippen molar-refractivity contribution in [3.05, 3.63) is 6.42 Å². The average Bonchev–Trinajstić information content (AvgIpc) is 2.39. The molecule has 0 aromatic rings. The van der Waals surface area contributed by atoms with Gasteiger partial charge in [0.1, 0.15) is 5.54 Å². The monoisotopic (exact) mass is 265 g/mol. The Morgan fingerprint density at radius 1 is 1.53 bits per heavy atom. The second kappa shape index (κ2) is 6.53. The number of carbonyl (C=O) groups excluding carboxylic acids is 2. The quantitative estimate of drug-likeness (QED) is 0.719. The number of likely N-dealkylation sites (tertiary alicyclic amines) is 1. The fraction of sp³-hybridized carbons (Fsp3) is 0.692. The van der Waals surface area contributed by atoms with Gasteiger partial charge in [-0.15, -0.1) is 0 Å². The zero-order chi connectivity index (χ0) is 14.5. The molecule has 1 saturated heterocycles. The third kappa shape index (κ3) is 4.52. The van der Waals surface area contributed by atoms with Crippen LogP contribution in [0.2, 0.25) is 0 Å². The zero-order valence-electron chi connectivity index (χ0n) is 11.5. The van der Waals surface area contributed by atoms with Gasteiger partial charge in [0.25, 0.3) is 0 Å². The first kappa shape index (κ1) is 15.4. The first-order valence-corrected chi connectivity index (χ1v) is 6.43. The first-order chi connectivity index (χ1) is 8.88. The van der Waals surface area contributed by atoms with E-state index in [0.717, 1.165) is 13.1 Å². The Labute approximate surface area is 113 Å². The molecule has 1 unspecified atom stereocenters. The maximum atomic E-state index is 11.8. The molecule has 1 atom stereocenters. The number of nitrogens with two attached hydrogens (primary N) is 1. The molecule has 1 rings (SSSR count). The van der Waals surface area contributed by atoms with Gasteiger partial charge in [-0.25, -0.2) is 0 Å². The molecule has 1 heterocycles. The highest BCUT2D eigenvalue weighted by atomic mass is 16.2. The van der Waals surface area contributed by atoms with Crippen LogP contribution in [-0.2, 0) is 9.59 Å². The smallest absolute Gasteiger partial charge is 0.225 e.